The monoisotopic (exact) mass is 297 g/mol. The predicted molar refractivity (Wildman–Crippen MR) is 89.1 cm³/mol. The average molecular weight is 297 g/mol. The molecule has 0 radical (unpaired) electrons. The molecule has 0 unspecified atom stereocenters. The van der Waals surface area contributed by atoms with Gasteiger partial charge in [0.05, 0.1) is 6.54 Å². The molecule has 0 aliphatic heterocycles. The normalized spacial score (nSPS) is 35.8. The lowest BCUT2D eigenvalue weighted by atomic mass is 9.53. The summed E-state index contributed by atoms with van der Waals surface area (Å²) in [6, 6.07) is 8.14. The molecule has 1 aromatic rings. The number of benzene rings is 1. The van der Waals surface area contributed by atoms with Crippen LogP contribution in [0.25, 0.3) is 0 Å². The minimum Gasteiger partial charge on any atom is -0.304 e. The summed E-state index contributed by atoms with van der Waals surface area (Å²) in [4.78, 5) is 12.5. The van der Waals surface area contributed by atoms with Crippen LogP contribution in [0.15, 0.2) is 24.3 Å². The summed E-state index contributed by atoms with van der Waals surface area (Å²) in [6.07, 6.45) is 9.30. The van der Waals surface area contributed by atoms with Crippen molar-refractivity contribution in [3.05, 3.63) is 35.4 Å². The fourth-order valence-corrected chi connectivity index (χ4v) is 5.62. The molecule has 1 N–H and O–H groups in total. The SMILES string of the molecule is CCc1ccc(C(=O)CNC23CC4CC(CC(C4)C2)C3)cc1. The molecule has 22 heavy (non-hydrogen) atoms. The highest BCUT2D eigenvalue weighted by atomic mass is 16.1. The molecule has 4 fully saturated rings. The number of nitrogens with one attached hydrogen (secondary N) is 1. The summed E-state index contributed by atoms with van der Waals surface area (Å²) in [6.45, 7) is 2.66. The maximum absolute atomic E-state index is 12.5. The average Bonchev–Trinajstić information content (AvgIpc) is 2.51. The van der Waals surface area contributed by atoms with E-state index in [2.05, 4.69) is 24.4 Å². The second-order valence-corrected chi connectivity index (χ2v) is 8.03. The Morgan fingerprint density at radius 1 is 1.05 bits per heavy atom. The Balaban J connectivity index is 1.40. The Hall–Kier alpha value is -1.15. The first-order valence-corrected chi connectivity index (χ1v) is 9.03. The van der Waals surface area contributed by atoms with Gasteiger partial charge in [-0.15, -0.1) is 0 Å². The second kappa shape index (κ2) is 5.49. The van der Waals surface area contributed by atoms with E-state index >= 15 is 0 Å². The Bertz CT molecular complexity index is 524. The first kappa shape index (κ1) is 14.4. The second-order valence-electron chi connectivity index (χ2n) is 8.03. The zero-order valence-electron chi connectivity index (χ0n) is 13.6. The van der Waals surface area contributed by atoms with Crippen molar-refractivity contribution < 1.29 is 4.79 Å². The third-order valence-corrected chi connectivity index (χ3v) is 6.35. The molecule has 0 spiro atoms. The lowest BCUT2D eigenvalue weighted by molar-refractivity contribution is -0.0186. The fourth-order valence-electron chi connectivity index (χ4n) is 5.62. The summed E-state index contributed by atoms with van der Waals surface area (Å²) in [7, 11) is 0. The highest BCUT2D eigenvalue weighted by Crippen LogP contribution is 2.55. The van der Waals surface area contributed by atoms with E-state index in [0.717, 1.165) is 29.7 Å². The first-order chi connectivity index (χ1) is 10.7. The number of Topliss-reactive ketones (excluding diaryl/α,β-unsaturated/α-hetero) is 1. The maximum atomic E-state index is 12.5. The summed E-state index contributed by atoms with van der Waals surface area (Å²) < 4.78 is 0. The Morgan fingerprint density at radius 3 is 2.09 bits per heavy atom. The summed E-state index contributed by atoms with van der Waals surface area (Å²) in [5.41, 5.74) is 2.44. The van der Waals surface area contributed by atoms with Crippen molar-refractivity contribution in [2.75, 3.05) is 6.54 Å². The van der Waals surface area contributed by atoms with Gasteiger partial charge in [0.2, 0.25) is 0 Å². The van der Waals surface area contributed by atoms with E-state index in [4.69, 9.17) is 0 Å². The van der Waals surface area contributed by atoms with Crippen LogP contribution in [0.2, 0.25) is 0 Å². The number of carbonyl (C=O) groups is 1. The van der Waals surface area contributed by atoms with Crippen LogP contribution in [0.3, 0.4) is 0 Å². The largest absolute Gasteiger partial charge is 0.304 e. The topological polar surface area (TPSA) is 29.1 Å². The van der Waals surface area contributed by atoms with Crippen LogP contribution in [0.1, 0.15) is 61.4 Å². The number of carbonyl (C=O) groups excluding carboxylic acids is 1. The van der Waals surface area contributed by atoms with E-state index < -0.39 is 0 Å². The molecule has 118 valence electrons. The molecule has 1 aromatic carbocycles. The van der Waals surface area contributed by atoms with E-state index in [1.54, 1.807) is 0 Å². The van der Waals surface area contributed by atoms with Crippen LogP contribution in [0, 0.1) is 17.8 Å². The molecule has 4 saturated carbocycles. The minimum absolute atomic E-state index is 0.249. The quantitative estimate of drug-likeness (QED) is 0.833. The maximum Gasteiger partial charge on any atom is 0.176 e. The molecular formula is C20H27NO. The lowest BCUT2D eigenvalue weighted by Crippen LogP contribution is -2.59. The third-order valence-electron chi connectivity index (χ3n) is 6.35. The molecule has 2 nitrogen and oxygen atoms in total. The van der Waals surface area contributed by atoms with Crippen LogP contribution in [0.4, 0.5) is 0 Å². The van der Waals surface area contributed by atoms with Crippen LogP contribution >= 0.6 is 0 Å². The van der Waals surface area contributed by atoms with Gasteiger partial charge < -0.3 is 5.32 Å². The van der Waals surface area contributed by atoms with E-state index in [1.165, 1.54) is 44.1 Å². The lowest BCUT2D eigenvalue weighted by Gasteiger charge is -2.57. The summed E-state index contributed by atoms with van der Waals surface area (Å²) in [5, 5.41) is 3.70. The standard InChI is InChI=1S/C20H27NO/c1-2-14-3-5-18(6-4-14)19(22)13-21-20-10-15-7-16(11-20)9-17(8-15)12-20/h3-6,15-17,21H,2,7-13H2,1H3. The van der Waals surface area contributed by atoms with Gasteiger partial charge in [-0.3, -0.25) is 4.79 Å². The van der Waals surface area contributed by atoms with Crippen molar-refractivity contribution in [3.8, 4) is 0 Å². The van der Waals surface area contributed by atoms with Crippen LogP contribution < -0.4 is 5.32 Å². The molecule has 0 saturated heterocycles. The molecule has 0 heterocycles. The molecular weight excluding hydrogens is 270 g/mol. The number of rotatable bonds is 5. The molecule has 2 heteroatoms. The van der Waals surface area contributed by atoms with E-state index in [9.17, 15) is 4.79 Å². The van der Waals surface area contributed by atoms with Crippen molar-refractivity contribution in [2.24, 2.45) is 17.8 Å². The smallest absolute Gasteiger partial charge is 0.176 e. The molecule has 5 rings (SSSR count). The van der Waals surface area contributed by atoms with Crippen molar-refractivity contribution in [2.45, 2.75) is 57.4 Å². The highest BCUT2D eigenvalue weighted by molar-refractivity contribution is 5.97. The molecule has 4 aliphatic rings. The molecule has 0 aromatic heterocycles. The van der Waals surface area contributed by atoms with Gasteiger partial charge in [0, 0.05) is 11.1 Å². The van der Waals surface area contributed by atoms with Crippen molar-refractivity contribution in [1.29, 1.82) is 0 Å². The predicted octanol–water partition coefficient (Wildman–Crippen LogP) is 3.99. The summed E-state index contributed by atoms with van der Waals surface area (Å²) in [5.74, 6) is 3.03. The summed E-state index contributed by atoms with van der Waals surface area (Å²) >= 11 is 0. The zero-order chi connectivity index (χ0) is 15.2. The number of aryl methyl sites for hydroxylation is 1. The minimum atomic E-state index is 0.249. The number of ketones is 1. The first-order valence-electron chi connectivity index (χ1n) is 9.03. The van der Waals surface area contributed by atoms with Gasteiger partial charge in [0.25, 0.3) is 0 Å². The van der Waals surface area contributed by atoms with E-state index in [1.807, 2.05) is 12.1 Å². The van der Waals surface area contributed by atoms with Crippen molar-refractivity contribution >= 4 is 5.78 Å². The van der Waals surface area contributed by atoms with Gasteiger partial charge in [-0.25, -0.2) is 0 Å². The fraction of sp³-hybridized carbons (Fsp3) is 0.650. The van der Waals surface area contributed by atoms with E-state index in [0.29, 0.717) is 6.54 Å². The Morgan fingerprint density at radius 2 is 1.59 bits per heavy atom. The number of hydrogen-bond acceptors (Lipinski definition) is 2. The van der Waals surface area contributed by atoms with Gasteiger partial charge in [0.15, 0.2) is 5.78 Å². The molecule has 4 bridgehead atoms. The van der Waals surface area contributed by atoms with Crippen molar-refractivity contribution in [3.63, 3.8) is 0 Å². The van der Waals surface area contributed by atoms with Crippen LogP contribution in [0.5, 0.6) is 0 Å². The third kappa shape index (κ3) is 2.62. The van der Waals surface area contributed by atoms with Gasteiger partial charge in [-0.1, -0.05) is 31.2 Å². The van der Waals surface area contributed by atoms with Crippen LogP contribution in [-0.2, 0) is 6.42 Å². The molecule has 0 amide bonds. The van der Waals surface area contributed by atoms with Gasteiger partial charge in [-0.2, -0.15) is 0 Å². The molecule has 0 atom stereocenters. The zero-order valence-corrected chi connectivity index (χ0v) is 13.6. The van der Waals surface area contributed by atoms with Gasteiger partial charge >= 0.3 is 0 Å². The highest BCUT2D eigenvalue weighted by Gasteiger charge is 2.50. The van der Waals surface area contributed by atoms with E-state index in [-0.39, 0.29) is 11.3 Å². The number of hydrogen-bond donors (Lipinski definition) is 1. The Labute approximate surface area is 133 Å². The van der Waals surface area contributed by atoms with Gasteiger partial charge in [0.1, 0.15) is 0 Å². The van der Waals surface area contributed by atoms with Gasteiger partial charge in [-0.05, 0) is 68.3 Å². The van der Waals surface area contributed by atoms with Crippen molar-refractivity contribution in [1.82, 2.24) is 5.32 Å². The molecule has 4 aliphatic carbocycles. The Kier molecular flexibility index (Phi) is 3.60. The van der Waals surface area contributed by atoms with Crippen LogP contribution in [-0.4, -0.2) is 17.9 Å².